The fourth-order valence-electron chi connectivity index (χ4n) is 4.61. The van der Waals surface area contributed by atoms with Gasteiger partial charge in [0.2, 0.25) is 5.91 Å². The Morgan fingerprint density at radius 1 is 1.41 bits per heavy atom. The van der Waals surface area contributed by atoms with Crippen LogP contribution in [0, 0.1) is 0 Å². The Hall–Kier alpha value is -1.81. The van der Waals surface area contributed by atoms with Crippen LogP contribution in [0.15, 0.2) is 24.4 Å². The molecule has 0 spiro atoms. The van der Waals surface area contributed by atoms with Crippen molar-refractivity contribution in [1.29, 1.82) is 0 Å². The van der Waals surface area contributed by atoms with Gasteiger partial charge in [-0.1, -0.05) is 19.1 Å². The zero-order chi connectivity index (χ0) is 15.3. The van der Waals surface area contributed by atoms with Gasteiger partial charge in [0, 0.05) is 29.1 Å². The molecule has 2 atom stereocenters. The van der Waals surface area contributed by atoms with Crippen molar-refractivity contribution < 1.29 is 4.79 Å². The Labute approximate surface area is 130 Å². The molecule has 1 aliphatic carbocycles. The van der Waals surface area contributed by atoms with Crippen LogP contribution in [0.1, 0.15) is 36.8 Å². The fraction of sp³-hybridized carbons (Fsp3) is 0.500. The molecule has 1 amide bonds. The summed E-state index contributed by atoms with van der Waals surface area (Å²) < 4.78 is 2.03. The SMILES string of the molecule is CCN1CCC[C@H]2c3cccc4c3c(cn4CC(N)=O)C[C@@H]21. The van der Waals surface area contributed by atoms with Crippen molar-refractivity contribution in [2.75, 3.05) is 13.1 Å². The van der Waals surface area contributed by atoms with E-state index in [1.54, 1.807) is 0 Å². The lowest BCUT2D eigenvalue weighted by molar-refractivity contribution is -0.118. The Kier molecular flexibility index (Phi) is 3.22. The second-order valence-electron chi connectivity index (χ2n) is 6.64. The van der Waals surface area contributed by atoms with Crippen molar-refractivity contribution >= 4 is 16.8 Å². The lowest BCUT2D eigenvalue weighted by Gasteiger charge is -2.43. The summed E-state index contributed by atoms with van der Waals surface area (Å²) >= 11 is 0. The number of hydrogen-bond donors (Lipinski definition) is 1. The smallest absolute Gasteiger partial charge is 0.237 e. The van der Waals surface area contributed by atoms with Crippen molar-refractivity contribution in [3.05, 3.63) is 35.5 Å². The summed E-state index contributed by atoms with van der Waals surface area (Å²) in [5, 5.41) is 1.38. The number of hydrogen-bond acceptors (Lipinski definition) is 2. The van der Waals surface area contributed by atoms with Gasteiger partial charge < -0.3 is 10.3 Å². The topological polar surface area (TPSA) is 51.3 Å². The number of piperidine rings is 1. The van der Waals surface area contributed by atoms with E-state index >= 15 is 0 Å². The highest BCUT2D eigenvalue weighted by molar-refractivity contribution is 5.90. The number of carbonyl (C=O) groups is 1. The van der Waals surface area contributed by atoms with E-state index in [-0.39, 0.29) is 12.5 Å². The van der Waals surface area contributed by atoms with Gasteiger partial charge in [-0.15, -0.1) is 0 Å². The number of likely N-dealkylation sites (N-methyl/N-ethyl adjacent to an activating group) is 1. The molecule has 2 N–H and O–H groups in total. The Morgan fingerprint density at radius 2 is 2.27 bits per heavy atom. The predicted octanol–water partition coefficient (Wildman–Crippen LogP) is 2.25. The van der Waals surface area contributed by atoms with Crippen molar-refractivity contribution in [2.24, 2.45) is 5.73 Å². The number of nitrogens with zero attached hydrogens (tertiary/aromatic N) is 2. The van der Waals surface area contributed by atoms with E-state index in [0.29, 0.717) is 12.0 Å². The standard InChI is InChI=1S/C18H23N3O/c1-2-20-8-4-6-13-14-5-3-7-15-18(14)12(9-16(13)20)10-21(15)11-17(19)22/h3,5,7,10,13,16H,2,4,6,8-9,11H2,1H3,(H2,19,22)/t13-,16-/m0/s1. The molecule has 22 heavy (non-hydrogen) atoms. The van der Waals surface area contributed by atoms with Gasteiger partial charge in [-0.05, 0) is 49.5 Å². The number of aromatic nitrogens is 1. The van der Waals surface area contributed by atoms with Gasteiger partial charge in [0.05, 0.1) is 0 Å². The van der Waals surface area contributed by atoms with Crippen LogP contribution in [0.4, 0.5) is 0 Å². The quantitative estimate of drug-likeness (QED) is 0.944. The Bertz CT molecular complexity index is 733. The lowest BCUT2D eigenvalue weighted by atomic mass is 9.75. The maximum Gasteiger partial charge on any atom is 0.237 e. The first-order valence-corrected chi connectivity index (χ1v) is 8.32. The number of likely N-dealkylation sites (tertiary alicyclic amines) is 1. The average molecular weight is 297 g/mol. The van der Waals surface area contributed by atoms with Crippen molar-refractivity contribution in [1.82, 2.24) is 9.47 Å². The molecule has 4 heteroatoms. The van der Waals surface area contributed by atoms with Crippen LogP contribution in [0.5, 0.6) is 0 Å². The van der Waals surface area contributed by atoms with Gasteiger partial charge in [-0.25, -0.2) is 0 Å². The van der Waals surface area contributed by atoms with Crippen LogP contribution < -0.4 is 5.73 Å². The predicted molar refractivity (Wildman–Crippen MR) is 87.8 cm³/mol. The molecule has 2 aliphatic rings. The molecular weight excluding hydrogens is 274 g/mol. The molecule has 1 aliphatic heterocycles. The first-order valence-electron chi connectivity index (χ1n) is 8.32. The number of nitrogens with two attached hydrogens (primary N) is 1. The summed E-state index contributed by atoms with van der Waals surface area (Å²) in [5.41, 5.74) is 9.44. The summed E-state index contributed by atoms with van der Waals surface area (Å²) in [7, 11) is 0. The minimum Gasteiger partial charge on any atom is -0.368 e. The maximum atomic E-state index is 11.4. The Morgan fingerprint density at radius 3 is 3.05 bits per heavy atom. The van der Waals surface area contributed by atoms with Crippen LogP contribution in [-0.4, -0.2) is 34.5 Å². The summed E-state index contributed by atoms with van der Waals surface area (Å²) in [6.07, 6.45) is 5.80. The molecule has 1 fully saturated rings. The molecule has 4 nitrogen and oxygen atoms in total. The van der Waals surface area contributed by atoms with E-state index in [9.17, 15) is 4.79 Å². The molecule has 1 saturated heterocycles. The highest BCUT2D eigenvalue weighted by Crippen LogP contribution is 2.43. The van der Waals surface area contributed by atoms with Gasteiger partial charge in [0.25, 0.3) is 0 Å². The lowest BCUT2D eigenvalue weighted by Crippen LogP contribution is -2.46. The van der Waals surface area contributed by atoms with E-state index in [2.05, 4.69) is 36.2 Å². The van der Waals surface area contributed by atoms with Crippen LogP contribution in [0.25, 0.3) is 10.9 Å². The van der Waals surface area contributed by atoms with Crippen LogP contribution in [0.2, 0.25) is 0 Å². The summed E-state index contributed by atoms with van der Waals surface area (Å²) in [4.78, 5) is 14.0. The number of amides is 1. The monoisotopic (exact) mass is 297 g/mol. The third kappa shape index (κ3) is 1.97. The average Bonchev–Trinajstić information content (AvgIpc) is 2.85. The second kappa shape index (κ2) is 5.13. The minimum atomic E-state index is -0.277. The fourth-order valence-corrected chi connectivity index (χ4v) is 4.61. The normalized spacial score (nSPS) is 24.4. The maximum absolute atomic E-state index is 11.4. The molecule has 2 aromatic rings. The van der Waals surface area contributed by atoms with Crippen LogP contribution >= 0.6 is 0 Å². The van der Waals surface area contributed by atoms with E-state index in [1.165, 1.54) is 41.4 Å². The Balaban J connectivity index is 1.86. The number of primary amides is 1. The van der Waals surface area contributed by atoms with E-state index < -0.39 is 0 Å². The second-order valence-corrected chi connectivity index (χ2v) is 6.64. The zero-order valence-corrected chi connectivity index (χ0v) is 13.1. The summed E-state index contributed by atoms with van der Waals surface area (Å²) in [5.74, 6) is 0.357. The van der Waals surface area contributed by atoms with Gasteiger partial charge in [0.15, 0.2) is 0 Å². The van der Waals surface area contributed by atoms with Gasteiger partial charge in [0.1, 0.15) is 6.54 Å². The molecule has 116 valence electrons. The molecule has 0 unspecified atom stereocenters. The van der Waals surface area contributed by atoms with Crippen LogP contribution in [-0.2, 0) is 17.8 Å². The molecule has 4 rings (SSSR count). The zero-order valence-electron chi connectivity index (χ0n) is 13.1. The summed E-state index contributed by atoms with van der Waals surface area (Å²) in [6.45, 7) is 4.86. The largest absolute Gasteiger partial charge is 0.368 e. The number of rotatable bonds is 3. The molecule has 0 bridgehead atoms. The third-order valence-electron chi connectivity index (χ3n) is 5.47. The first kappa shape index (κ1) is 13.8. The van der Waals surface area contributed by atoms with Crippen molar-refractivity contribution in [3.63, 3.8) is 0 Å². The van der Waals surface area contributed by atoms with E-state index in [0.717, 1.165) is 13.0 Å². The van der Waals surface area contributed by atoms with Gasteiger partial charge in [-0.3, -0.25) is 9.69 Å². The number of fused-ring (bicyclic) bond motifs is 2. The van der Waals surface area contributed by atoms with E-state index in [4.69, 9.17) is 5.73 Å². The number of benzene rings is 1. The molecule has 2 heterocycles. The van der Waals surface area contributed by atoms with E-state index in [1.807, 2.05) is 4.57 Å². The third-order valence-corrected chi connectivity index (χ3v) is 5.47. The molecule has 1 aromatic heterocycles. The van der Waals surface area contributed by atoms with Crippen LogP contribution in [0.3, 0.4) is 0 Å². The molecule has 0 radical (unpaired) electrons. The highest BCUT2D eigenvalue weighted by atomic mass is 16.1. The summed E-state index contributed by atoms with van der Waals surface area (Å²) in [6, 6.07) is 7.15. The molecular formula is C18H23N3O. The number of carbonyl (C=O) groups excluding carboxylic acids is 1. The van der Waals surface area contributed by atoms with Gasteiger partial charge >= 0.3 is 0 Å². The highest BCUT2D eigenvalue weighted by Gasteiger charge is 2.37. The van der Waals surface area contributed by atoms with Crippen molar-refractivity contribution in [3.8, 4) is 0 Å². The molecule has 0 saturated carbocycles. The minimum absolute atomic E-state index is 0.271. The molecule has 1 aromatic carbocycles. The van der Waals surface area contributed by atoms with Gasteiger partial charge in [-0.2, -0.15) is 0 Å². The first-order chi connectivity index (χ1) is 10.7. The van der Waals surface area contributed by atoms with Crippen molar-refractivity contribution in [2.45, 2.75) is 44.7 Å².